The van der Waals surface area contributed by atoms with Crippen molar-refractivity contribution in [1.82, 2.24) is 24.6 Å². The van der Waals surface area contributed by atoms with E-state index in [0.717, 1.165) is 45.4 Å². The van der Waals surface area contributed by atoms with Gasteiger partial charge in [0.15, 0.2) is 0 Å². The fraction of sp³-hybridized carbons (Fsp3) is 0.161. The minimum Gasteiger partial charge on any atom is -0.305 e. The van der Waals surface area contributed by atoms with Crippen LogP contribution in [0.25, 0.3) is 10.9 Å². The molecule has 0 amide bonds. The predicted molar refractivity (Wildman–Crippen MR) is 152 cm³/mol. The Bertz CT molecular complexity index is 1620. The summed E-state index contributed by atoms with van der Waals surface area (Å²) in [5.74, 6) is 7.22. The van der Waals surface area contributed by atoms with Crippen molar-refractivity contribution in [3.8, 4) is 17.9 Å². The molecule has 0 fully saturated rings. The minimum absolute atomic E-state index is 0.483. The second-order valence-electron chi connectivity index (χ2n) is 8.95. The van der Waals surface area contributed by atoms with E-state index in [0.29, 0.717) is 25.2 Å². The molecule has 5 rings (SSSR count). The molecule has 0 unspecified atom stereocenters. The number of nitrogens with zero attached hydrogens (tertiary/aromatic N) is 6. The maximum absolute atomic E-state index is 8.97. The number of fused-ring (bicyclic) bond motifs is 1. The van der Waals surface area contributed by atoms with Gasteiger partial charge in [-0.25, -0.2) is 0 Å². The predicted octanol–water partition coefficient (Wildman–Crippen LogP) is 5.76. The summed E-state index contributed by atoms with van der Waals surface area (Å²) in [6.07, 6.45) is 2.64. The van der Waals surface area contributed by atoms with Crippen LogP contribution in [0.3, 0.4) is 0 Å². The van der Waals surface area contributed by atoms with Gasteiger partial charge in [0, 0.05) is 28.5 Å². The Morgan fingerprint density at radius 2 is 1.66 bits per heavy atom. The van der Waals surface area contributed by atoms with Crippen LogP contribution >= 0.6 is 15.9 Å². The largest absolute Gasteiger partial charge is 0.305 e. The van der Waals surface area contributed by atoms with Gasteiger partial charge in [0.1, 0.15) is 12.2 Å². The van der Waals surface area contributed by atoms with Crippen LogP contribution in [0.1, 0.15) is 28.2 Å². The third-order valence-corrected chi connectivity index (χ3v) is 6.76. The molecule has 0 saturated carbocycles. The lowest BCUT2D eigenvalue weighted by Crippen LogP contribution is -2.27. The SMILES string of the molecule is N#Cc1ccc(C#CCn2cnnc2CN(CCc2ccc(Br)cc2)Cc2ccc3ccccc3n2)cc1. The second-order valence-corrected chi connectivity index (χ2v) is 9.86. The number of halogens is 1. The van der Waals surface area contributed by atoms with E-state index in [1.807, 2.05) is 34.9 Å². The Morgan fingerprint density at radius 3 is 2.47 bits per heavy atom. The van der Waals surface area contributed by atoms with Gasteiger partial charge in [0.25, 0.3) is 0 Å². The molecule has 0 atom stereocenters. The van der Waals surface area contributed by atoms with E-state index in [9.17, 15) is 0 Å². The molecule has 0 N–H and O–H groups in total. The smallest absolute Gasteiger partial charge is 0.147 e. The topological polar surface area (TPSA) is 70.6 Å². The van der Waals surface area contributed by atoms with Crippen LogP contribution in [-0.4, -0.2) is 31.2 Å². The second kappa shape index (κ2) is 12.3. The van der Waals surface area contributed by atoms with Gasteiger partial charge in [-0.05, 0) is 60.5 Å². The summed E-state index contributed by atoms with van der Waals surface area (Å²) in [6, 6.07) is 30.3. The van der Waals surface area contributed by atoms with Crippen LogP contribution in [-0.2, 0) is 26.1 Å². The summed E-state index contributed by atoms with van der Waals surface area (Å²) in [7, 11) is 0. The first kappa shape index (κ1) is 25.4. The Morgan fingerprint density at radius 1 is 0.868 bits per heavy atom. The van der Waals surface area contributed by atoms with E-state index in [1.165, 1.54) is 5.56 Å². The van der Waals surface area contributed by atoms with Gasteiger partial charge in [0.2, 0.25) is 0 Å². The van der Waals surface area contributed by atoms with Crippen molar-refractivity contribution < 1.29 is 0 Å². The molecule has 5 aromatic rings. The lowest BCUT2D eigenvalue weighted by atomic mass is 10.1. The number of benzene rings is 3. The molecule has 0 radical (unpaired) electrons. The maximum atomic E-state index is 8.97. The zero-order valence-electron chi connectivity index (χ0n) is 20.8. The maximum Gasteiger partial charge on any atom is 0.147 e. The highest BCUT2D eigenvalue weighted by atomic mass is 79.9. The molecule has 186 valence electrons. The van der Waals surface area contributed by atoms with Gasteiger partial charge in [-0.1, -0.05) is 64.2 Å². The number of hydrogen-bond donors (Lipinski definition) is 0. The van der Waals surface area contributed by atoms with Gasteiger partial charge in [-0.15, -0.1) is 10.2 Å². The van der Waals surface area contributed by atoms with Crippen LogP contribution in [0.4, 0.5) is 0 Å². The quantitative estimate of drug-likeness (QED) is 0.226. The summed E-state index contributed by atoms with van der Waals surface area (Å²) in [4.78, 5) is 7.25. The number of aromatic nitrogens is 4. The number of rotatable bonds is 8. The molecule has 2 aromatic heterocycles. The molecule has 3 aromatic carbocycles. The lowest BCUT2D eigenvalue weighted by molar-refractivity contribution is 0.247. The first-order chi connectivity index (χ1) is 18.7. The van der Waals surface area contributed by atoms with Gasteiger partial charge in [-0.3, -0.25) is 9.88 Å². The zero-order valence-corrected chi connectivity index (χ0v) is 22.3. The van der Waals surface area contributed by atoms with Gasteiger partial charge < -0.3 is 4.57 Å². The molecule has 2 heterocycles. The van der Waals surface area contributed by atoms with Crippen LogP contribution in [0.2, 0.25) is 0 Å². The fourth-order valence-electron chi connectivity index (χ4n) is 4.17. The number of para-hydroxylation sites is 1. The Kier molecular flexibility index (Phi) is 8.20. The standard InChI is InChI=1S/C31H25BrN6/c32-28-14-11-25(12-15-28)17-19-37(21-29-16-13-27-5-1-2-6-30(27)35-29)22-31-36-34-23-38(31)18-3-4-24-7-9-26(20-33)10-8-24/h1-2,5-16,23H,17-19,21-22H2. The normalized spacial score (nSPS) is 10.8. The van der Waals surface area contributed by atoms with Crippen molar-refractivity contribution in [2.45, 2.75) is 26.1 Å². The molecule has 0 aliphatic heterocycles. The van der Waals surface area contributed by atoms with Gasteiger partial charge in [-0.2, -0.15) is 5.26 Å². The minimum atomic E-state index is 0.483. The van der Waals surface area contributed by atoms with Crippen LogP contribution in [0.5, 0.6) is 0 Å². The molecule has 0 saturated heterocycles. The molecule has 0 spiro atoms. The molecule has 6 nitrogen and oxygen atoms in total. The van der Waals surface area contributed by atoms with E-state index in [-0.39, 0.29) is 0 Å². The van der Waals surface area contributed by atoms with Crippen molar-refractivity contribution in [3.63, 3.8) is 0 Å². The molecule has 7 heteroatoms. The van der Waals surface area contributed by atoms with Gasteiger partial charge in [0.05, 0.1) is 35.9 Å². The average molecular weight is 561 g/mol. The van der Waals surface area contributed by atoms with Crippen LogP contribution in [0, 0.1) is 23.2 Å². The molecule has 38 heavy (non-hydrogen) atoms. The highest BCUT2D eigenvalue weighted by Crippen LogP contribution is 2.16. The summed E-state index contributed by atoms with van der Waals surface area (Å²) >= 11 is 3.52. The van der Waals surface area contributed by atoms with E-state index >= 15 is 0 Å². The molecular formula is C31H25BrN6. The summed E-state index contributed by atoms with van der Waals surface area (Å²) in [6.45, 7) is 2.66. The molecule has 0 bridgehead atoms. The van der Waals surface area contributed by atoms with E-state index in [1.54, 1.807) is 18.5 Å². The highest BCUT2D eigenvalue weighted by molar-refractivity contribution is 9.10. The number of nitriles is 1. The Hall–Kier alpha value is -4.30. The lowest BCUT2D eigenvalue weighted by Gasteiger charge is -2.22. The summed E-state index contributed by atoms with van der Waals surface area (Å²) < 4.78 is 3.06. The third-order valence-electron chi connectivity index (χ3n) is 6.23. The highest BCUT2D eigenvalue weighted by Gasteiger charge is 2.13. The average Bonchev–Trinajstić information content (AvgIpc) is 3.39. The third kappa shape index (κ3) is 6.72. The molecule has 0 aliphatic rings. The molecule has 0 aliphatic carbocycles. The van der Waals surface area contributed by atoms with Crippen LogP contribution in [0.15, 0.2) is 95.7 Å². The van der Waals surface area contributed by atoms with E-state index in [4.69, 9.17) is 10.2 Å². The van der Waals surface area contributed by atoms with Crippen molar-refractivity contribution in [2.75, 3.05) is 6.54 Å². The zero-order chi connectivity index (χ0) is 26.2. The number of pyridine rings is 1. The molecular weight excluding hydrogens is 536 g/mol. The van der Waals surface area contributed by atoms with Crippen molar-refractivity contribution in [3.05, 3.63) is 124 Å². The van der Waals surface area contributed by atoms with Crippen molar-refractivity contribution in [1.29, 1.82) is 5.26 Å². The van der Waals surface area contributed by atoms with Crippen LogP contribution < -0.4 is 0 Å². The van der Waals surface area contributed by atoms with Gasteiger partial charge >= 0.3 is 0 Å². The Labute approximate surface area is 230 Å². The first-order valence-electron chi connectivity index (χ1n) is 12.3. The number of hydrogen-bond acceptors (Lipinski definition) is 5. The monoisotopic (exact) mass is 560 g/mol. The fourth-order valence-corrected chi connectivity index (χ4v) is 4.43. The first-order valence-corrected chi connectivity index (χ1v) is 13.1. The van der Waals surface area contributed by atoms with E-state index < -0.39 is 0 Å². The summed E-state index contributed by atoms with van der Waals surface area (Å²) in [5.41, 5.74) is 4.79. The van der Waals surface area contributed by atoms with Crippen molar-refractivity contribution in [2.24, 2.45) is 0 Å². The van der Waals surface area contributed by atoms with Crippen molar-refractivity contribution >= 4 is 26.8 Å². The van der Waals surface area contributed by atoms with E-state index in [2.05, 4.69) is 91.4 Å². The Balaban J connectivity index is 1.32. The summed E-state index contributed by atoms with van der Waals surface area (Å²) in [5, 5.41) is 18.7.